The molecule has 6 nitrogen and oxygen atoms in total. The van der Waals surface area contributed by atoms with Crippen LogP contribution in [-0.2, 0) is 19.4 Å². The number of benzene rings is 2. The van der Waals surface area contributed by atoms with Gasteiger partial charge in [-0.2, -0.15) is 0 Å². The van der Waals surface area contributed by atoms with Crippen LogP contribution < -0.4 is 5.32 Å². The van der Waals surface area contributed by atoms with E-state index in [-0.39, 0.29) is 10.5 Å². The van der Waals surface area contributed by atoms with E-state index in [1.54, 1.807) is 6.92 Å². The van der Waals surface area contributed by atoms with Gasteiger partial charge in [-0.25, -0.2) is 17.6 Å². The molecule has 1 unspecified atom stereocenters. The van der Waals surface area contributed by atoms with Gasteiger partial charge in [0.25, 0.3) is 5.91 Å². The van der Waals surface area contributed by atoms with Gasteiger partial charge in [0.1, 0.15) is 5.82 Å². The maximum absolute atomic E-state index is 12.9. The summed E-state index contributed by atoms with van der Waals surface area (Å²) in [6, 6.07) is 9.24. The number of hydrogen-bond donors (Lipinski definition) is 1. The topological polar surface area (TPSA) is 89.5 Å². The molecule has 0 saturated carbocycles. The van der Waals surface area contributed by atoms with Crippen LogP contribution in [0.3, 0.4) is 0 Å². The fourth-order valence-electron chi connectivity index (χ4n) is 2.11. The molecule has 2 aromatic carbocycles. The summed E-state index contributed by atoms with van der Waals surface area (Å²) in [6.45, 7) is 3.01. The van der Waals surface area contributed by atoms with Gasteiger partial charge in [0.15, 0.2) is 15.9 Å². The van der Waals surface area contributed by atoms with Crippen LogP contribution in [0.4, 0.5) is 10.1 Å². The third-order valence-electron chi connectivity index (χ3n) is 3.62. The molecule has 0 bridgehead atoms. The monoisotopic (exact) mass is 379 g/mol. The molecule has 1 amide bonds. The van der Waals surface area contributed by atoms with Gasteiger partial charge in [-0.3, -0.25) is 4.79 Å². The predicted octanol–water partition coefficient (Wildman–Crippen LogP) is 2.72. The smallest absolute Gasteiger partial charge is 0.339 e. The minimum Gasteiger partial charge on any atom is -0.449 e. The van der Waals surface area contributed by atoms with Crippen molar-refractivity contribution < 1.29 is 27.1 Å². The first kappa shape index (κ1) is 19.6. The number of amides is 1. The van der Waals surface area contributed by atoms with E-state index in [0.29, 0.717) is 11.3 Å². The molecule has 0 aliphatic rings. The van der Waals surface area contributed by atoms with Gasteiger partial charge in [0.2, 0.25) is 0 Å². The van der Waals surface area contributed by atoms with Crippen LogP contribution in [0.5, 0.6) is 0 Å². The first-order valence-electron chi connectivity index (χ1n) is 7.66. The molecule has 0 radical (unpaired) electrons. The fraction of sp³-hybridized carbons (Fsp3) is 0.222. The second-order valence-electron chi connectivity index (χ2n) is 5.79. The molecule has 0 aliphatic heterocycles. The van der Waals surface area contributed by atoms with Gasteiger partial charge in [-0.1, -0.05) is 6.07 Å². The van der Waals surface area contributed by atoms with E-state index in [0.717, 1.165) is 6.26 Å². The van der Waals surface area contributed by atoms with Crippen molar-refractivity contribution >= 4 is 27.4 Å². The van der Waals surface area contributed by atoms with Crippen LogP contribution in [-0.4, -0.2) is 32.7 Å². The summed E-state index contributed by atoms with van der Waals surface area (Å²) in [5.41, 5.74) is 0.942. The molecule has 26 heavy (non-hydrogen) atoms. The molecule has 1 N–H and O–H groups in total. The zero-order valence-corrected chi connectivity index (χ0v) is 15.3. The number of aryl methyl sites for hydroxylation is 1. The lowest BCUT2D eigenvalue weighted by molar-refractivity contribution is -0.123. The van der Waals surface area contributed by atoms with Crippen molar-refractivity contribution in [2.24, 2.45) is 0 Å². The first-order chi connectivity index (χ1) is 12.1. The van der Waals surface area contributed by atoms with Crippen LogP contribution >= 0.6 is 0 Å². The number of hydrogen-bond acceptors (Lipinski definition) is 5. The summed E-state index contributed by atoms with van der Waals surface area (Å²) in [7, 11) is -3.48. The summed E-state index contributed by atoms with van der Waals surface area (Å²) >= 11 is 0. The van der Waals surface area contributed by atoms with Gasteiger partial charge < -0.3 is 10.1 Å². The van der Waals surface area contributed by atoms with Crippen molar-refractivity contribution in [3.63, 3.8) is 0 Å². The van der Waals surface area contributed by atoms with E-state index in [1.807, 2.05) is 0 Å². The average molecular weight is 379 g/mol. The van der Waals surface area contributed by atoms with E-state index in [1.165, 1.54) is 49.4 Å². The third-order valence-corrected chi connectivity index (χ3v) is 4.73. The summed E-state index contributed by atoms with van der Waals surface area (Å²) in [4.78, 5) is 24.4. The highest BCUT2D eigenvalue weighted by atomic mass is 32.2. The zero-order valence-electron chi connectivity index (χ0n) is 14.4. The number of esters is 1. The maximum Gasteiger partial charge on any atom is 0.339 e. The van der Waals surface area contributed by atoms with Gasteiger partial charge in [0, 0.05) is 11.9 Å². The maximum atomic E-state index is 12.9. The molecule has 0 heterocycles. The Hall–Kier alpha value is -2.74. The molecule has 138 valence electrons. The Balaban J connectivity index is 2.11. The van der Waals surface area contributed by atoms with E-state index < -0.39 is 33.6 Å². The highest BCUT2D eigenvalue weighted by Crippen LogP contribution is 2.17. The number of sulfone groups is 1. The van der Waals surface area contributed by atoms with Crippen molar-refractivity contribution in [1.82, 2.24) is 0 Å². The van der Waals surface area contributed by atoms with Crippen LogP contribution in [0.25, 0.3) is 0 Å². The number of carbonyl (C=O) groups is 2. The third kappa shape index (κ3) is 4.89. The summed E-state index contributed by atoms with van der Waals surface area (Å²) in [6.07, 6.45) is -0.0974. The van der Waals surface area contributed by atoms with Crippen LogP contribution in [0.2, 0.25) is 0 Å². The molecule has 0 saturated heterocycles. The molecule has 0 spiro atoms. The van der Waals surface area contributed by atoms with E-state index in [2.05, 4.69) is 5.32 Å². The van der Waals surface area contributed by atoms with E-state index in [4.69, 9.17) is 4.74 Å². The van der Waals surface area contributed by atoms with Gasteiger partial charge in [-0.15, -0.1) is 0 Å². The Labute approximate surface area is 150 Å². The van der Waals surface area contributed by atoms with Crippen molar-refractivity contribution in [3.8, 4) is 0 Å². The minimum absolute atomic E-state index is 0.0153. The van der Waals surface area contributed by atoms with Crippen molar-refractivity contribution in [2.75, 3.05) is 11.6 Å². The fourth-order valence-corrected chi connectivity index (χ4v) is 2.75. The largest absolute Gasteiger partial charge is 0.449 e. The van der Waals surface area contributed by atoms with Crippen LogP contribution in [0.15, 0.2) is 47.4 Å². The van der Waals surface area contributed by atoms with Crippen molar-refractivity contribution in [2.45, 2.75) is 24.8 Å². The highest BCUT2D eigenvalue weighted by molar-refractivity contribution is 7.90. The second-order valence-corrected chi connectivity index (χ2v) is 7.81. The Morgan fingerprint density at radius 3 is 2.31 bits per heavy atom. The van der Waals surface area contributed by atoms with Crippen LogP contribution in [0, 0.1) is 12.7 Å². The molecule has 8 heteroatoms. The van der Waals surface area contributed by atoms with E-state index >= 15 is 0 Å². The SMILES string of the molecule is Cc1ccc(S(C)(=O)=O)cc1C(=O)OC(C)C(=O)Nc1ccc(F)cc1. The lowest BCUT2D eigenvalue weighted by Gasteiger charge is -2.15. The molecule has 1 atom stereocenters. The number of rotatable bonds is 5. The quantitative estimate of drug-likeness (QED) is 0.807. The molecular weight excluding hydrogens is 361 g/mol. The number of carbonyl (C=O) groups excluding carboxylic acids is 2. The lowest BCUT2D eigenvalue weighted by Crippen LogP contribution is -2.30. The number of ether oxygens (including phenoxy) is 1. The molecule has 0 fully saturated rings. The Morgan fingerprint density at radius 2 is 1.73 bits per heavy atom. The standard InChI is InChI=1S/C18H18FNO5S/c1-11-4-9-15(26(3,23)24)10-16(11)18(22)25-12(2)17(21)20-14-7-5-13(19)6-8-14/h4-10,12H,1-3H3,(H,20,21). The van der Waals surface area contributed by atoms with Gasteiger partial charge in [0.05, 0.1) is 10.5 Å². The molecule has 2 aromatic rings. The zero-order chi connectivity index (χ0) is 19.5. The molecule has 0 aliphatic carbocycles. The molecule has 2 rings (SSSR count). The first-order valence-corrected chi connectivity index (χ1v) is 9.55. The van der Waals surface area contributed by atoms with E-state index in [9.17, 15) is 22.4 Å². The Bertz CT molecular complexity index is 939. The minimum atomic E-state index is -3.48. The summed E-state index contributed by atoms with van der Waals surface area (Å²) < 4.78 is 41.3. The van der Waals surface area contributed by atoms with Crippen molar-refractivity contribution in [1.29, 1.82) is 0 Å². The van der Waals surface area contributed by atoms with Gasteiger partial charge in [-0.05, 0) is 55.8 Å². The van der Waals surface area contributed by atoms with Crippen molar-refractivity contribution in [3.05, 3.63) is 59.4 Å². The highest BCUT2D eigenvalue weighted by Gasteiger charge is 2.21. The van der Waals surface area contributed by atoms with Gasteiger partial charge >= 0.3 is 5.97 Å². The number of nitrogens with one attached hydrogen (secondary N) is 1. The Kier molecular flexibility index (Phi) is 5.76. The Morgan fingerprint density at radius 1 is 1.12 bits per heavy atom. The van der Waals surface area contributed by atoms with Crippen LogP contribution in [0.1, 0.15) is 22.8 Å². The summed E-state index contributed by atoms with van der Waals surface area (Å²) in [5.74, 6) is -1.85. The number of halogens is 1. The lowest BCUT2D eigenvalue weighted by atomic mass is 10.1. The predicted molar refractivity (Wildman–Crippen MR) is 94.2 cm³/mol. The normalized spacial score (nSPS) is 12.3. The summed E-state index contributed by atoms with van der Waals surface area (Å²) in [5, 5.41) is 2.50. The average Bonchev–Trinajstić information content (AvgIpc) is 2.56. The molecular formula is C18H18FNO5S. The second kappa shape index (κ2) is 7.65. The number of anilines is 1. The molecule has 0 aromatic heterocycles.